The summed E-state index contributed by atoms with van der Waals surface area (Å²) in [5, 5.41) is 0. The molecule has 22 heavy (non-hydrogen) atoms. The number of rotatable bonds is 4. The van der Waals surface area contributed by atoms with E-state index in [1.165, 1.54) is 26.1 Å². The summed E-state index contributed by atoms with van der Waals surface area (Å²) in [6.45, 7) is 5.26. The minimum absolute atomic E-state index is 0.601. The summed E-state index contributed by atoms with van der Waals surface area (Å²) in [4.78, 5) is 0. The van der Waals surface area contributed by atoms with E-state index in [-0.39, 0.29) is 0 Å². The van der Waals surface area contributed by atoms with E-state index in [2.05, 4.69) is 4.74 Å². The molecule has 0 saturated heterocycles. The van der Waals surface area contributed by atoms with Crippen LogP contribution in [0.5, 0.6) is 0 Å². The summed E-state index contributed by atoms with van der Waals surface area (Å²) >= 11 is 0. The van der Waals surface area contributed by atoms with Crippen LogP contribution in [0.4, 0.5) is 26.3 Å². The maximum Gasteiger partial charge on any atom is 0.437 e. The number of ether oxygens (including phenoxy) is 1. The summed E-state index contributed by atoms with van der Waals surface area (Å²) in [6.07, 6.45) is -11.4. The molecule has 8 heteroatoms. The van der Waals surface area contributed by atoms with Crippen molar-refractivity contribution in [2.75, 3.05) is 0 Å². The second-order valence-electron chi connectivity index (χ2n) is 5.43. The molecule has 1 rings (SSSR count). The molecule has 0 bridgehead atoms. The highest BCUT2D eigenvalue weighted by molar-refractivity contribution is 5.15. The smallest absolute Gasteiger partial charge is 0.347 e. The molecule has 0 radical (unpaired) electrons. The van der Waals surface area contributed by atoms with Gasteiger partial charge in [0, 0.05) is 12.1 Å². The molecule has 0 aliphatic rings. The highest BCUT2D eigenvalue weighted by Gasteiger charge is 2.78. The molecule has 0 atom stereocenters. The zero-order valence-electron chi connectivity index (χ0n) is 12.6. The molecular formula is C14H18F6NO+. The first kappa shape index (κ1) is 18.7. The third-order valence-corrected chi connectivity index (χ3v) is 3.02. The highest BCUT2D eigenvalue weighted by atomic mass is 19.4. The van der Waals surface area contributed by atoms with Gasteiger partial charge in [-0.15, -0.1) is 0 Å². The molecule has 0 amide bonds. The van der Waals surface area contributed by atoms with E-state index in [0.29, 0.717) is 0 Å². The van der Waals surface area contributed by atoms with Crippen molar-refractivity contribution in [2.45, 2.75) is 57.8 Å². The average Bonchev–Trinajstić information content (AvgIpc) is 2.32. The summed E-state index contributed by atoms with van der Waals surface area (Å²) in [7, 11) is 0. The maximum absolute atomic E-state index is 13.5. The quantitative estimate of drug-likeness (QED) is 0.593. The van der Waals surface area contributed by atoms with Gasteiger partial charge < -0.3 is 4.74 Å². The van der Waals surface area contributed by atoms with Crippen molar-refractivity contribution in [2.24, 2.45) is 0 Å². The summed E-state index contributed by atoms with van der Waals surface area (Å²) in [5.41, 5.74) is -5.36. The molecule has 0 unspecified atom stereocenters. The number of halogens is 6. The largest absolute Gasteiger partial charge is 0.437 e. The van der Waals surface area contributed by atoms with Crippen LogP contribution in [0.3, 0.4) is 0 Å². The van der Waals surface area contributed by atoms with Gasteiger partial charge in [0.25, 0.3) is 0 Å². The van der Waals surface area contributed by atoms with Crippen LogP contribution in [0.25, 0.3) is 0 Å². The Morgan fingerprint density at radius 1 is 0.909 bits per heavy atom. The molecule has 1 aromatic rings. The van der Waals surface area contributed by atoms with Crippen LogP contribution in [0.1, 0.15) is 39.4 Å². The Bertz CT molecular complexity index is 493. The van der Waals surface area contributed by atoms with Crippen molar-refractivity contribution in [3.63, 3.8) is 0 Å². The molecule has 1 aromatic heterocycles. The van der Waals surface area contributed by atoms with Crippen molar-refractivity contribution in [3.05, 3.63) is 30.1 Å². The summed E-state index contributed by atoms with van der Waals surface area (Å²) in [5.74, 6) is 0. The molecule has 0 N–H and O–H groups in total. The molecular weight excluding hydrogens is 312 g/mol. The van der Waals surface area contributed by atoms with E-state index in [1.807, 2.05) is 0 Å². The number of alkyl halides is 6. The molecule has 0 spiro atoms. The second-order valence-corrected chi connectivity index (χ2v) is 5.43. The molecule has 0 fully saturated rings. The first-order chi connectivity index (χ1) is 9.84. The highest BCUT2D eigenvalue weighted by Crippen LogP contribution is 2.52. The number of nitrogens with zero attached hydrogens (tertiary/aromatic N) is 1. The molecule has 1 heterocycles. The Kier molecular flexibility index (Phi) is 5.16. The monoisotopic (exact) mass is 330 g/mol. The van der Waals surface area contributed by atoms with Gasteiger partial charge in [-0.3, -0.25) is 0 Å². The van der Waals surface area contributed by atoms with Crippen LogP contribution in [-0.4, -0.2) is 18.5 Å². The van der Waals surface area contributed by atoms with Gasteiger partial charge in [0.2, 0.25) is 5.69 Å². The Morgan fingerprint density at radius 3 is 1.77 bits per heavy atom. The first-order valence-electron chi connectivity index (χ1n) is 6.66. The molecule has 126 valence electrons. The van der Waals surface area contributed by atoms with Gasteiger partial charge in [-0.1, -0.05) is 0 Å². The van der Waals surface area contributed by atoms with E-state index >= 15 is 0 Å². The topological polar surface area (TPSA) is 13.1 Å². The lowest BCUT2D eigenvalue weighted by atomic mass is 9.95. The Balaban J connectivity index is 3.78. The lowest BCUT2D eigenvalue weighted by Crippen LogP contribution is -2.62. The number of pyridine rings is 1. The minimum Gasteiger partial charge on any atom is -0.347 e. The van der Waals surface area contributed by atoms with Gasteiger partial charge in [-0.2, -0.15) is 30.9 Å². The van der Waals surface area contributed by atoms with Crippen LogP contribution in [-0.2, 0) is 10.3 Å². The Labute approximate surface area is 124 Å². The lowest BCUT2D eigenvalue weighted by molar-refractivity contribution is -0.735. The Morgan fingerprint density at radius 2 is 1.41 bits per heavy atom. The average molecular weight is 330 g/mol. The van der Waals surface area contributed by atoms with E-state index in [1.54, 1.807) is 0 Å². The van der Waals surface area contributed by atoms with Crippen LogP contribution in [0, 0.1) is 0 Å². The molecule has 0 saturated carbocycles. The zero-order valence-corrected chi connectivity index (χ0v) is 12.6. The van der Waals surface area contributed by atoms with Gasteiger partial charge in [-0.25, -0.2) is 0 Å². The molecule has 2 nitrogen and oxygen atoms in total. The second kappa shape index (κ2) is 6.06. The summed E-state index contributed by atoms with van der Waals surface area (Å²) < 4.78 is 86.4. The van der Waals surface area contributed by atoms with Gasteiger partial charge in [0.1, 0.15) is 0 Å². The van der Waals surface area contributed by atoms with E-state index in [9.17, 15) is 26.3 Å². The fourth-order valence-electron chi connectivity index (χ4n) is 2.20. The van der Waals surface area contributed by atoms with Crippen molar-refractivity contribution in [1.82, 2.24) is 0 Å². The third kappa shape index (κ3) is 3.21. The summed E-state index contributed by atoms with van der Waals surface area (Å²) in [6, 6.07) is 2.69. The predicted molar refractivity (Wildman–Crippen MR) is 67.0 cm³/mol. The molecule has 0 aliphatic carbocycles. The van der Waals surface area contributed by atoms with E-state index < -0.39 is 35.8 Å². The van der Waals surface area contributed by atoms with Crippen LogP contribution in [0.15, 0.2) is 24.4 Å². The van der Waals surface area contributed by atoms with Crippen LogP contribution in [0.2, 0.25) is 0 Å². The Hall–Kier alpha value is -1.31. The zero-order chi connectivity index (χ0) is 17.3. The van der Waals surface area contributed by atoms with E-state index in [4.69, 9.17) is 0 Å². The maximum atomic E-state index is 13.5. The number of aromatic nitrogens is 1. The predicted octanol–water partition coefficient (Wildman–Crippen LogP) is 4.30. The van der Waals surface area contributed by atoms with Crippen LogP contribution >= 0.6 is 0 Å². The number of hydrogen-bond acceptors (Lipinski definition) is 1. The van der Waals surface area contributed by atoms with Gasteiger partial charge in [0.05, 0.1) is 6.10 Å². The van der Waals surface area contributed by atoms with Crippen molar-refractivity contribution in [1.29, 1.82) is 0 Å². The number of hydrogen-bond donors (Lipinski definition) is 0. The van der Waals surface area contributed by atoms with E-state index in [0.717, 1.165) is 30.5 Å². The van der Waals surface area contributed by atoms with Crippen molar-refractivity contribution >= 4 is 0 Å². The normalized spacial score (nSPS) is 14.0. The third-order valence-electron chi connectivity index (χ3n) is 3.02. The standard InChI is InChI=1S/C14H18F6NO/c1-9(2)21-8-6-5-7-11(21)12(13(15,16)17,14(18,19)20)22-10(3)4/h5-10H,1-4H3/q+1. The first-order valence-corrected chi connectivity index (χ1v) is 6.66. The molecule has 0 aromatic carbocycles. The lowest BCUT2D eigenvalue weighted by Gasteiger charge is -2.36. The van der Waals surface area contributed by atoms with Crippen LogP contribution < -0.4 is 4.57 Å². The minimum atomic E-state index is -5.66. The van der Waals surface area contributed by atoms with Gasteiger partial charge in [-0.05, 0) is 33.8 Å². The van der Waals surface area contributed by atoms with Gasteiger partial charge in [0.15, 0.2) is 12.2 Å². The fourth-order valence-corrected chi connectivity index (χ4v) is 2.20. The molecule has 0 aliphatic heterocycles. The van der Waals surface area contributed by atoms with Crippen molar-refractivity contribution in [3.8, 4) is 0 Å². The van der Waals surface area contributed by atoms with Gasteiger partial charge >= 0.3 is 18.0 Å². The fraction of sp³-hybridized carbons (Fsp3) is 0.643. The SMILES string of the molecule is CC(C)OC(c1cccc[n+]1C(C)C)(C(F)(F)F)C(F)(F)F. The van der Waals surface area contributed by atoms with Crippen molar-refractivity contribution < 1.29 is 35.6 Å².